The number of anilines is 2. The molecule has 0 spiro atoms. The van der Waals surface area contributed by atoms with E-state index in [1.165, 1.54) is 30.2 Å². The maximum atomic E-state index is 12.5. The van der Waals surface area contributed by atoms with Crippen molar-refractivity contribution in [2.24, 2.45) is 0 Å². The number of esters is 1. The summed E-state index contributed by atoms with van der Waals surface area (Å²) in [5.74, 6) is -2.06. The molecule has 25 heavy (non-hydrogen) atoms. The number of nitrogens with one attached hydrogen (secondary N) is 1. The summed E-state index contributed by atoms with van der Waals surface area (Å²) in [7, 11) is 1.25. The molecule has 0 saturated carbocycles. The van der Waals surface area contributed by atoms with Crippen molar-refractivity contribution in [1.29, 1.82) is 0 Å². The van der Waals surface area contributed by atoms with E-state index in [0.29, 0.717) is 13.0 Å². The van der Waals surface area contributed by atoms with Gasteiger partial charge in [0.05, 0.1) is 23.4 Å². The summed E-state index contributed by atoms with van der Waals surface area (Å²) in [6.45, 7) is 0.446. The molecule has 0 radical (unpaired) electrons. The molecule has 2 aromatic rings. The number of hydrogen-bond donors (Lipinski definition) is 1. The number of rotatable bonds is 2. The van der Waals surface area contributed by atoms with Crippen molar-refractivity contribution in [1.82, 2.24) is 0 Å². The summed E-state index contributed by atoms with van der Waals surface area (Å²) in [5.41, 5.74) is 2.16. The third kappa shape index (κ3) is 3.34. The lowest BCUT2D eigenvalue weighted by molar-refractivity contribution is -0.134. The first-order valence-electron chi connectivity index (χ1n) is 7.60. The average Bonchev–Trinajstić information content (AvgIpc) is 3.06. The minimum Gasteiger partial charge on any atom is -0.465 e. The molecule has 128 valence electrons. The van der Waals surface area contributed by atoms with Gasteiger partial charge < -0.3 is 15.0 Å². The highest BCUT2D eigenvalue weighted by Crippen LogP contribution is 2.28. The van der Waals surface area contributed by atoms with E-state index in [-0.39, 0.29) is 16.3 Å². The Morgan fingerprint density at radius 3 is 2.68 bits per heavy atom. The Labute approximate surface area is 149 Å². The van der Waals surface area contributed by atoms with Gasteiger partial charge in [0.25, 0.3) is 0 Å². The van der Waals surface area contributed by atoms with Crippen molar-refractivity contribution in [3.63, 3.8) is 0 Å². The molecule has 0 saturated heterocycles. The van der Waals surface area contributed by atoms with Crippen molar-refractivity contribution in [2.45, 2.75) is 6.42 Å². The van der Waals surface area contributed by atoms with Crippen LogP contribution in [0.5, 0.6) is 0 Å². The maximum Gasteiger partial charge on any atom is 0.337 e. The van der Waals surface area contributed by atoms with Crippen LogP contribution in [0.15, 0.2) is 42.5 Å². The van der Waals surface area contributed by atoms with E-state index >= 15 is 0 Å². The van der Waals surface area contributed by atoms with Gasteiger partial charge in [-0.25, -0.2) is 4.79 Å². The molecule has 6 nitrogen and oxygen atoms in total. The van der Waals surface area contributed by atoms with Crippen LogP contribution in [0, 0.1) is 0 Å². The lowest BCUT2D eigenvalue weighted by Crippen LogP contribution is -2.38. The first-order valence-corrected chi connectivity index (χ1v) is 7.97. The Hall–Kier alpha value is -2.86. The zero-order chi connectivity index (χ0) is 18.0. The topological polar surface area (TPSA) is 75.7 Å². The van der Waals surface area contributed by atoms with Crippen molar-refractivity contribution in [3.8, 4) is 0 Å². The van der Waals surface area contributed by atoms with E-state index in [4.69, 9.17) is 11.6 Å². The van der Waals surface area contributed by atoms with Crippen molar-refractivity contribution in [2.75, 3.05) is 23.9 Å². The minimum atomic E-state index is -0.819. The van der Waals surface area contributed by atoms with Gasteiger partial charge in [0.1, 0.15) is 0 Å². The quantitative estimate of drug-likeness (QED) is 0.661. The van der Waals surface area contributed by atoms with Crippen LogP contribution in [0.1, 0.15) is 15.9 Å². The fourth-order valence-corrected chi connectivity index (χ4v) is 2.88. The molecule has 0 fully saturated rings. The molecule has 1 aliphatic heterocycles. The SMILES string of the molecule is COC(=O)c1ccc(Cl)c(NC(=O)C(=O)N2CCc3ccccc32)c1. The monoisotopic (exact) mass is 358 g/mol. The Kier molecular flexibility index (Phi) is 4.72. The number of para-hydroxylation sites is 1. The molecule has 2 aromatic carbocycles. The molecular weight excluding hydrogens is 344 g/mol. The number of hydrogen-bond acceptors (Lipinski definition) is 4. The van der Waals surface area contributed by atoms with Crippen LogP contribution in [0.4, 0.5) is 11.4 Å². The highest BCUT2D eigenvalue weighted by atomic mass is 35.5. The van der Waals surface area contributed by atoms with E-state index < -0.39 is 17.8 Å². The number of methoxy groups -OCH3 is 1. The Bertz CT molecular complexity index is 866. The fourth-order valence-electron chi connectivity index (χ4n) is 2.71. The number of carbonyl (C=O) groups is 3. The lowest BCUT2D eigenvalue weighted by Gasteiger charge is -2.17. The maximum absolute atomic E-state index is 12.5. The summed E-state index contributed by atoms with van der Waals surface area (Å²) < 4.78 is 4.63. The number of benzene rings is 2. The average molecular weight is 359 g/mol. The lowest BCUT2D eigenvalue weighted by atomic mass is 10.2. The third-order valence-corrected chi connectivity index (χ3v) is 4.29. The number of nitrogens with zero attached hydrogens (tertiary/aromatic N) is 1. The van der Waals surface area contributed by atoms with Gasteiger partial charge in [-0.05, 0) is 36.2 Å². The highest BCUT2D eigenvalue weighted by Gasteiger charge is 2.29. The Morgan fingerprint density at radius 2 is 1.92 bits per heavy atom. The molecule has 1 heterocycles. The number of carbonyl (C=O) groups excluding carboxylic acids is 3. The van der Waals surface area contributed by atoms with Crippen LogP contribution in [-0.2, 0) is 20.7 Å². The Morgan fingerprint density at radius 1 is 1.16 bits per heavy atom. The zero-order valence-corrected chi connectivity index (χ0v) is 14.2. The summed E-state index contributed by atoms with van der Waals surface area (Å²) in [5, 5.41) is 2.69. The zero-order valence-electron chi connectivity index (χ0n) is 13.4. The summed E-state index contributed by atoms with van der Waals surface area (Å²) in [6.07, 6.45) is 0.702. The minimum absolute atomic E-state index is 0.176. The largest absolute Gasteiger partial charge is 0.465 e. The molecule has 3 rings (SSSR count). The van der Waals surface area contributed by atoms with Crippen molar-refractivity contribution < 1.29 is 19.1 Å². The molecule has 1 aliphatic rings. The number of ether oxygens (including phenoxy) is 1. The van der Waals surface area contributed by atoms with Crippen LogP contribution in [-0.4, -0.2) is 31.4 Å². The first-order chi connectivity index (χ1) is 12.0. The van der Waals surface area contributed by atoms with Gasteiger partial charge in [-0.3, -0.25) is 9.59 Å². The Balaban J connectivity index is 1.79. The number of amides is 2. The second-order valence-corrected chi connectivity index (χ2v) is 5.88. The second kappa shape index (κ2) is 6.94. The molecule has 7 heteroatoms. The second-order valence-electron chi connectivity index (χ2n) is 5.48. The van der Waals surface area contributed by atoms with Crippen molar-refractivity contribution >= 4 is 40.8 Å². The van der Waals surface area contributed by atoms with E-state index in [2.05, 4.69) is 10.1 Å². The van der Waals surface area contributed by atoms with Gasteiger partial charge >= 0.3 is 17.8 Å². The molecule has 0 unspecified atom stereocenters. The number of fused-ring (bicyclic) bond motifs is 1. The molecule has 0 aliphatic carbocycles. The predicted molar refractivity (Wildman–Crippen MR) is 93.9 cm³/mol. The van der Waals surface area contributed by atoms with Gasteiger partial charge in [-0.2, -0.15) is 0 Å². The molecular formula is C18H15ClN2O4. The van der Waals surface area contributed by atoms with Gasteiger partial charge in [-0.15, -0.1) is 0 Å². The van der Waals surface area contributed by atoms with Crippen LogP contribution >= 0.6 is 11.6 Å². The van der Waals surface area contributed by atoms with Crippen LogP contribution in [0.2, 0.25) is 5.02 Å². The van der Waals surface area contributed by atoms with Gasteiger partial charge in [0.2, 0.25) is 0 Å². The predicted octanol–water partition coefficient (Wildman–Crippen LogP) is 2.65. The van der Waals surface area contributed by atoms with Gasteiger partial charge in [-0.1, -0.05) is 29.8 Å². The van der Waals surface area contributed by atoms with Gasteiger partial charge in [0, 0.05) is 12.2 Å². The summed E-state index contributed by atoms with van der Waals surface area (Å²) in [6, 6.07) is 11.7. The summed E-state index contributed by atoms with van der Waals surface area (Å²) >= 11 is 6.04. The van der Waals surface area contributed by atoms with E-state index in [9.17, 15) is 14.4 Å². The molecule has 0 aromatic heterocycles. The molecule has 0 bridgehead atoms. The highest BCUT2D eigenvalue weighted by molar-refractivity contribution is 6.45. The normalized spacial score (nSPS) is 12.5. The van der Waals surface area contributed by atoms with Crippen LogP contribution < -0.4 is 10.2 Å². The standard InChI is InChI=1S/C18H15ClN2O4/c1-25-18(24)12-6-7-13(19)14(10-12)20-16(22)17(23)21-9-8-11-4-2-3-5-15(11)21/h2-7,10H,8-9H2,1H3,(H,20,22). The smallest absolute Gasteiger partial charge is 0.337 e. The van der Waals surface area contributed by atoms with Crippen molar-refractivity contribution in [3.05, 3.63) is 58.6 Å². The molecule has 1 N–H and O–H groups in total. The summed E-state index contributed by atoms with van der Waals surface area (Å²) in [4.78, 5) is 37.8. The third-order valence-electron chi connectivity index (χ3n) is 3.96. The van der Waals surface area contributed by atoms with Gasteiger partial charge in [0.15, 0.2) is 0 Å². The molecule has 2 amide bonds. The van der Waals surface area contributed by atoms with E-state index in [1.54, 1.807) is 6.07 Å². The van der Waals surface area contributed by atoms with E-state index in [0.717, 1.165) is 11.3 Å². The van der Waals surface area contributed by atoms with Crippen LogP contribution in [0.3, 0.4) is 0 Å². The van der Waals surface area contributed by atoms with Crippen LogP contribution in [0.25, 0.3) is 0 Å². The first kappa shape index (κ1) is 17.0. The fraction of sp³-hybridized carbons (Fsp3) is 0.167. The molecule has 0 atom stereocenters. The van der Waals surface area contributed by atoms with E-state index in [1.807, 2.05) is 18.2 Å². The number of halogens is 1.